The standard InChI is InChI=1S/C23H32N2O3/c1-21(2)15-6-8-23(4)16(22(15,3)9-7-17(21)24)10-12-18(23)14(27-5)11-13-19(12)28-20(26)25-13/h11,15-17H,6-10,24H2,1-5H3,(H,25,26). The summed E-state index contributed by atoms with van der Waals surface area (Å²) >= 11 is 0. The van der Waals surface area contributed by atoms with Gasteiger partial charge in [0.05, 0.1) is 12.6 Å². The number of nitrogens with one attached hydrogen (secondary N) is 1. The number of benzene rings is 1. The van der Waals surface area contributed by atoms with Crippen LogP contribution in [0.2, 0.25) is 0 Å². The minimum Gasteiger partial charge on any atom is -0.496 e. The van der Waals surface area contributed by atoms with Gasteiger partial charge in [0.2, 0.25) is 0 Å². The van der Waals surface area contributed by atoms with Crippen molar-refractivity contribution >= 4 is 11.1 Å². The maximum Gasteiger partial charge on any atom is 0.417 e. The van der Waals surface area contributed by atoms with Crippen LogP contribution in [-0.2, 0) is 11.8 Å². The Morgan fingerprint density at radius 3 is 2.64 bits per heavy atom. The van der Waals surface area contributed by atoms with Crippen LogP contribution in [0.5, 0.6) is 5.75 Å². The van der Waals surface area contributed by atoms with Crippen LogP contribution in [0.15, 0.2) is 15.3 Å². The van der Waals surface area contributed by atoms with Crippen LogP contribution in [-0.4, -0.2) is 18.1 Å². The average molecular weight is 385 g/mol. The number of hydrogen-bond acceptors (Lipinski definition) is 4. The number of nitrogens with two attached hydrogens (primary N) is 1. The van der Waals surface area contributed by atoms with Crippen molar-refractivity contribution in [3.05, 3.63) is 27.7 Å². The molecular weight excluding hydrogens is 352 g/mol. The van der Waals surface area contributed by atoms with Crippen LogP contribution in [0.1, 0.15) is 64.5 Å². The summed E-state index contributed by atoms with van der Waals surface area (Å²) in [5.74, 6) is 1.61. The van der Waals surface area contributed by atoms with Gasteiger partial charge < -0.3 is 14.9 Å². The predicted molar refractivity (Wildman–Crippen MR) is 110 cm³/mol. The molecule has 0 saturated heterocycles. The summed E-state index contributed by atoms with van der Waals surface area (Å²) < 4.78 is 11.4. The van der Waals surface area contributed by atoms with Gasteiger partial charge in [-0.1, -0.05) is 27.7 Å². The van der Waals surface area contributed by atoms with Crippen LogP contribution in [0.25, 0.3) is 11.1 Å². The fourth-order valence-corrected chi connectivity index (χ4v) is 7.66. The second-order valence-corrected chi connectivity index (χ2v) is 10.6. The lowest BCUT2D eigenvalue weighted by molar-refractivity contribution is -0.107. The Morgan fingerprint density at radius 2 is 1.93 bits per heavy atom. The first-order valence-electron chi connectivity index (χ1n) is 10.6. The summed E-state index contributed by atoms with van der Waals surface area (Å²) in [7, 11) is 1.73. The first-order chi connectivity index (χ1) is 13.1. The van der Waals surface area contributed by atoms with Crippen LogP contribution in [0.3, 0.4) is 0 Å². The number of rotatable bonds is 1. The zero-order chi connectivity index (χ0) is 20.1. The molecule has 0 bridgehead atoms. The van der Waals surface area contributed by atoms with Gasteiger partial charge in [-0.3, -0.25) is 4.98 Å². The normalized spacial score (nSPS) is 38.7. The summed E-state index contributed by atoms with van der Waals surface area (Å²) in [4.78, 5) is 14.7. The van der Waals surface area contributed by atoms with E-state index in [0.717, 1.165) is 36.1 Å². The third-order valence-corrected chi connectivity index (χ3v) is 9.13. The number of ether oxygens (including phenoxy) is 1. The zero-order valence-electron chi connectivity index (χ0n) is 17.6. The maximum atomic E-state index is 11.9. The fourth-order valence-electron chi connectivity index (χ4n) is 7.66. The summed E-state index contributed by atoms with van der Waals surface area (Å²) in [5.41, 5.74) is 10.9. The summed E-state index contributed by atoms with van der Waals surface area (Å²) in [6.45, 7) is 9.64. The van der Waals surface area contributed by atoms with Gasteiger partial charge in [0.15, 0.2) is 5.58 Å². The third-order valence-electron chi connectivity index (χ3n) is 9.13. The molecule has 2 fully saturated rings. The van der Waals surface area contributed by atoms with Crippen molar-refractivity contribution in [3.63, 3.8) is 0 Å². The molecule has 5 heteroatoms. The van der Waals surface area contributed by atoms with E-state index >= 15 is 0 Å². The number of fused-ring (bicyclic) bond motifs is 7. The first kappa shape index (κ1) is 18.3. The molecular formula is C23H32N2O3. The number of hydrogen-bond donors (Lipinski definition) is 2. The monoisotopic (exact) mass is 384 g/mol. The topological polar surface area (TPSA) is 81.2 Å². The van der Waals surface area contributed by atoms with Gasteiger partial charge in [-0.25, -0.2) is 4.79 Å². The highest BCUT2D eigenvalue weighted by Crippen LogP contribution is 2.68. The molecule has 28 heavy (non-hydrogen) atoms. The van der Waals surface area contributed by atoms with Crippen molar-refractivity contribution < 1.29 is 9.15 Å². The molecule has 3 aliphatic rings. The molecule has 0 spiro atoms. The average Bonchev–Trinajstić information content (AvgIpc) is 3.15. The number of H-pyrrole nitrogens is 1. The largest absolute Gasteiger partial charge is 0.496 e. The Morgan fingerprint density at radius 1 is 1.18 bits per heavy atom. The van der Waals surface area contributed by atoms with Crippen LogP contribution < -0.4 is 16.2 Å². The van der Waals surface area contributed by atoms with Crippen molar-refractivity contribution in [1.82, 2.24) is 4.98 Å². The lowest BCUT2D eigenvalue weighted by Crippen LogP contribution is -2.60. The molecule has 0 aliphatic heterocycles. The number of oxazole rings is 1. The number of aromatic amines is 1. The van der Waals surface area contributed by atoms with E-state index in [4.69, 9.17) is 14.9 Å². The second-order valence-electron chi connectivity index (χ2n) is 10.6. The van der Waals surface area contributed by atoms with E-state index in [-0.39, 0.29) is 28.0 Å². The molecule has 5 unspecified atom stereocenters. The molecule has 3 aliphatic carbocycles. The first-order valence-corrected chi connectivity index (χ1v) is 10.6. The fraction of sp³-hybridized carbons (Fsp3) is 0.696. The quantitative estimate of drug-likeness (QED) is 0.775. The highest BCUT2D eigenvalue weighted by Gasteiger charge is 2.63. The minimum absolute atomic E-state index is 0.0352. The lowest BCUT2D eigenvalue weighted by atomic mass is 9.43. The van der Waals surface area contributed by atoms with Gasteiger partial charge >= 0.3 is 5.76 Å². The Hall–Kier alpha value is -1.75. The highest BCUT2D eigenvalue weighted by atomic mass is 16.5. The number of aromatic nitrogens is 1. The Bertz CT molecular complexity index is 1020. The predicted octanol–water partition coefficient (Wildman–Crippen LogP) is 4.12. The van der Waals surface area contributed by atoms with Crippen molar-refractivity contribution in [2.24, 2.45) is 28.4 Å². The zero-order valence-corrected chi connectivity index (χ0v) is 17.6. The van der Waals surface area contributed by atoms with E-state index in [1.54, 1.807) is 7.11 Å². The van der Waals surface area contributed by atoms with E-state index < -0.39 is 0 Å². The van der Waals surface area contributed by atoms with Crippen LogP contribution in [0.4, 0.5) is 0 Å². The van der Waals surface area contributed by atoms with E-state index in [0.29, 0.717) is 11.8 Å². The molecule has 0 radical (unpaired) electrons. The SMILES string of the molecule is COc1cc2[nH]c(=O)oc2c2c1C1(C)CCC3C(C)(C)C(N)CCC3(C)C1C2. The summed E-state index contributed by atoms with van der Waals surface area (Å²) in [5, 5.41) is 0. The van der Waals surface area contributed by atoms with E-state index in [9.17, 15) is 4.79 Å². The highest BCUT2D eigenvalue weighted by molar-refractivity contribution is 5.82. The van der Waals surface area contributed by atoms with Gasteiger partial charge in [0.25, 0.3) is 0 Å². The Kier molecular flexibility index (Phi) is 3.55. The maximum absolute atomic E-state index is 11.9. The minimum atomic E-state index is -0.390. The molecule has 0 amide bonds. The Labute approximate surface area is 166 Å². The smallest absolute Gasteiger partial charge is 0.417 e. The van der Waals surface area contributed by atoms with Crippen molar-refractivity contribution in [2.45, 2.75) is 71.3 Å². The van der Waals surface area contributed by atoms with Gasteiger partial charge in [-0.15, -0.1) is 0 Å². The van der Waals surface area contributed by atoms with Crippen molar-refractivity contribution in [2.75, 3.05) is 7.11 Å². The molecule has 2 aromatic rings. The van der Waals surface area contributed by atoms with Gasteiger partial charge in [0.1, 0.15) is 5.75 Å². The van der Waals surface area contributed by atoms with Gasteiger partial charge in [-0.2, -0.15) is 0 Å². The molecule has 1 aromatic carbocycles. The second kappa shape index (κ2) is 5.44. The molecule has 152 valence electrons. The van der Waals surface area contributed by atoms with E-state index in [2.05, 4.69) is 32.7 Å². The third kappa shape index (κ3) is 2.04. The Balaban J connectivity index is 1.71. The molecule has 3 N–H and O–H groups in total. The summed E-state index contributed by atoms with van der Waals surface area (Å²) in [6, 6.07) is 2.21. The summed E-state index contributed by atoms with van der Waals surface area (Å²) in [6.07, 6.45) is 5.49. The van der Waals surface area contributed by atoms with E-state index in [1.165, 1.54) is 24.0 Å². The van der Waals surface area contributed by atoms with Crippen LogP contribution in [0, 0.1) is 22.7 Å². The van der Waals surface area contributed by atoms with Gasteiger partial charge in [0, 0.05) is 28.7 Å². The molecule has 2 saturated carbocycles. The van der Waals surface area contributed by atoms with Crippen molar-refractivity contribution in [3.8, 4) is 5.75 Å². The molecule has 1 heterocycles. The van der Waals surface area contributed by atoms with Gasteiger partial charge in [-0.05, 0) is 54.8 Å². The van der Waals surface area contributed by atoms with Crippen molar-refractivity contribution in [1.29, 1.82) is 0 Å². The molecule has 5 atom stereocenters. The molecule has 5 rings (SSSR count). The molecule has 5 nitrogen and oxygen atoms in total. The molecule has 1 aromatic heterocycles. The number of methoxy groups -OCH3 is 1. The van der Waals surface area contributed by atoms with E-state index in [1.807, 2.05) is 6.07 Å². The van der Waals surface area contributed by atoms with Crippen LogP contribution >= 0.6 is 0 Å². The lowest BCUT2D eigenvalue weighted by Gasteiger charge is -2.62.